The van der Waals surface area contributed by atoms with Gasteiger partial charge in [0.25, 0.3) is 0 Å². The number of hydrogen-bond donors (Lipinski definition) is 1. The van der Waals surface area contributed by atoms with E-state index in [0.717, 1.165) is 6.42 Å². The van der Waals surface area contributed by atoms with Crippen LogP contribution in [0, 0.1) is 0 Å². The summed E-state index contributed by atoms with van der Waals surface area (Å²) in [4.78, 5) is 11.6. The molecular formula is C11H21NO2Sn. The zero-order valence-electron chi connectivity index (χ0n) is 9.88. The number of ether oxygens (including phenoxy) is 1. The second kappa shape index (κ2) is 5.41. The molecule has 0 heterocycles. The van der Waals surface area contributed by atoms with Crippen LogP contribution < -0.4 is 5.32 Å². The van der Waals surface area contributed by atoms with Gasteiger partial charge in [-0.15, -0.1) is 0 Å². The van der Waals surface area contributed by atoms with Gasteiger partial charge in [0, 0.05) is 0 Å². The van der Waals surface area contributed by atoms with E-state index in [9.17, 15) is 4.79 Å². The Kier molecular flexibility index (Phi) is 4.74. The van der Waals surface area contributed by atoms with E-state index in [1.165, 1.54) is 41.8 Å². The summed E-state index contributed by atoms with van der Waals surface area (Å²) in [6, 6.07) is 0.357. The molecule has 0 spiro atoms. The van der Waals surface area contributed by atoms with Crippen LogP contribution in [0.15, 0.2) is 0 Å². The second-order valence-corrected chi connectivity index (χ2v) is 7.65. The first-order chi connectivity index (χ1) is 6.88. The average molecular weight is 318 g/mol. The van der Waals surface area contributed by atoms with Crippen LogP contribution in [0.5, 0.6) is 0 Å². The third kappa shape index (κ3) is 5.09. The molecule has 1 aliphatic rings. The fourth-order valence-electron chi connectivity index (χ4n) is 1.80. The first-order valence-corrected chi connectivity index (χ1v) is 7.54. The van der Waals surface area contributed by atoms with Crippen molar-refractivity contribution in [2.75, 3.05) is 0 Å². The predicted octanol–water partition coefficient (Wildman–Crippen LogP) is 2.14. The van der Waals surface area contributed by atoms with Crippen molar-refractivity contribution in [2.45, 2.75) is 62.0 Å². The molecule has 4 heteroatoms. The number of rotatable bonds is 1. The fraction of sp³-hybridized carbons (Fsp3) is 0.909. The summed E-state index contributed by atoms with van der Waals surface area (Å²) in [6.45, 7) is 5.68. The molecule has 0 aliphatic heterocycles. The van der Waals surface area contributed by atoms with E-state index >= 15 is 0 Å². The van der Waals surface area contributed by atoms with E-state index in [1.807, 2.05) is 20.8 Å². The van der Waals surface area contributed by atoms with E-state index in [0.29, 0.717) is 9.98 Å². The van der Waals surface area contributed by atoms with Gasteiger partial charge >= 0.3 is 105 Å². The van der Waals surface area contributed by atoms with E-state index in [1.54, 1.807) is 0 Å². The Bertz CT molecular complexity index is 225. The molecule has 1 aliphatic carbocycles. The molecule has 86 valence electrons. The Balaban J connectivity index is 2.36. The topological polar surface area (TPSA) is 38.3 Å². The quantitative estimate of drug-likeness (QED) is 0.753. The third-order valence-corrected chi connectivity index (χ3v) is 4.80. The number of alkyl carbamates (subject to hydrolysis) is 1. The fourth-order valence-corrected chi connectivity index (χ4v) is 3.29. The molecule has 1 saturated carbocycles. The zero-order valence-corrected chi connectivity index (χ0v) is 13.2. The molecule has 0 bridgehead atoms. The van der Waals surface area contributed by atoms with Crippen molar-refractivity contribution >= 4 is 28.6 Å². The van der Waals surface area contributed by atoms with Gasteiger partial charge in [-0.3, -0.25) is 0 Å². The number of amides is 1. The van der Waals surface area contributed by atoms with Crippen LogP contribution in [-0.4, -0.2) is 40.3 Å². The van der Waals surface area contributed by atoms with Crippen LogP contribution in [0.1, 0.15) is 46.5 Å². The van der Waals surface area contributed by atoms with E-state index < -0.39 is 5.60 Å². The van der Waals surface area contributed by atoms with Gasteiger partial charge in [0.2, 0.25) is 0 Å². The van der Waals surface area contributed by atoms with Crippen LogP contribution in [0.3, 0.4) is 0 Å². The first-order valence-electron chi connectivity index (χ1n) is 5.63. The van der Waals surface area contributed by atoms with Crippen LogP contribution in [-0.2, 0) is 4.74 Å². The Morgan fingerprint density at radius 2 is 1.93 bits per heavy atom. The Morgan fingerprint density at radius 1 is 1.33 bits per heavy atom. The second-order valence-electron chi connectivity index (χ2n) is 5.20. The van der Waals surface area contributed by atoms with Gasteiger partial charge in [-0.2, -0.15) is 0 Å². The summed E-state index contributed by atoms with van der Waals surface area (Å²) in [5.74, 6) is 0. The normalized spacial score (nSPS) is 27.2. The zero-order chi connectivity index (χ0) is 11.5. The maximum absolute atomic E-state index is 11.6. The van der Waals surface area contributed by atoms with Gasteiger partial charge < -0.3 is 0 Å². The Morgan fingerprint density at radius 3 is 2.47 bits per heavy atom. The molecule has 0 aromatic rings. The predicted molar refractivity (Wildman–Crippen MR) is 62.5 cm³/mol. The monoisotopic (exact) mass is 319 g/mol. The maximum atomic E-state index is 11.6. The molecule has 3 nitrogen and oxygen atoms in total. The standard InChI is InChI=1S/C11H20NO2.Sn.H/c1-11(2,3)14-10(13)12-9-7-5-4-6-8-9;;/h7,9H,4-6,8H2,1-3H3,(H,12,13);;. The molecular weight excluding hydrogens is 297 g/mol. The summed E-state index contributed by atoms with van der Waals surface area (Å²) >= 11 is 1.23. The minimum atomic E-state index is -0.390. The van der Waals surface area contributed by atoms with Crippen molar-refractivity contribution in [1.82, 2.24) is 5.32 Å². The molecule has 15 heavy (non-hydrogen) atoms. The van der Waals surface area contributed by atoms with Crippen LogP contribution in [0.25, 0.3) is 0 Å². The van der Waals surface area contributed by atoms with Crippen molar-refractivity contribution < 1.29 is 9.53 Å². The van der Waals surface area contributed by atoms with Crippen molar-refractivity contribution in [3.05, 3.63) is 0 Å². The summed E-state index contributed by atoms with van der Waals surface area (Å²) in [5, 5.41) is 3.00. The molecule has 1 rings (SSSR count). The summed E-state index contributed by atoms with van der Waals surface area (Å²) < 4.78 is 5.96. The van der Waals surface area contributed by atoms with Gasteiger partial charge in [0.1, 0.15) is 0 Å². The molecule has 0 aromatic carbocycles. The van der Waals surface area contributed by atoms with E-state index in [4.69, 9.17) is 4.74 Å². The molecule has 2 atom stereocenters. The van der Waals surface area contributed by atoms with Gasteiger partial charge in [-0.05, 0) is 0 Å². The van der Waals surface area contributed by atoms with Crippen LogP contribution in [0.2, 0.25) is 3.93 Å². The van der Waals surface area contributed by atoms with Crippen molar-refractivity contribution in [3.8, 4) is 0 Å². The summed E-state index contributed by atoms with van der Waals surface area (Å²) in [7, 11) is 0. The minimum absolute atomic E-state index is 0.256. The van der Waals surface area contributed by atoms with Gasteiger partial charge in [-0.25, -0.2) is 0 Å². The summed E-state index contributed by atoms with van der Waals surface area (Å²) in [5.41, 5.74) is -0.390. The Labute approximate surface area is 105 Å². The van der Waals surface area contributed by atoms with Gasteiger partial charge in [0.15, 0.2) is 0 Å². The molecule has 0 aromatic heterocycles. The van der Waals surface area contributed by atoms with Gasteiger partial charge in [-0.1, -0.05) is 0 Å². The molecule has 2 unspecified atom stereocenters. The Hall–Kier alpha value is 0.0687. The van der Waals surface area contributed by atoms with Crippen LogP contribution >= 0.6 is 0 Å². The third-order valence-electron chi connectivity index (χ3n) is 2.52. The molecule has 1 fully saturated rings. The molecule has 1 amide bonds. The number of carbonyl (C=O) groups is 1. The van der Waals surface area contributed by atoms with E-state index in [2.05, 4.69) is 5.32 Å². The van der Waals surface area contributed by atoms with Crippen molar-refractivity contribution in [1.29, 1.82) is 0 Å². The SMILES string of the molecule is CC(C)(C)OC(=O)NC1CCCC[CH]1[SnH]. The molecule has 2 radical (unpaired) electrons. The van der Waals surface area contributed by atoms with Gasteiger partial charge in [0.05, 0.1) is 0 Å². The molecule has 1 N–H and O–H groups in total. The number of carbonyl (C=O) groups excluding carboxylic acids is 1. The van der Waals surface area contributed by atoms with Crippen molar-refractivity contribution in [3.63, 3.8) is 0 Å². The summed E-state index contributed by atoms with van der Waals surface area (Å²) in [6.07, 6.45) is 4.68. The number of nitrogens with one attached hydrogen (secondary N) is 1. The number of hydrogen-bond acceptors (Lipinski definition) is 2. The molecule has 0 saturated heterocycles. The first kappa shape index (κ1) is 13.1. The van der Waals surface area contributed by atoms with Crippen LogP contribution in [0.4, 0.5) is 4.79 Å². The van der Waals surface area contributed by atoms with E-state index in [-0.39, 0.29) is 6.09 Å². The average Bonchev–Trinajstić information content (AvgIpc) is 2.05. The van der Waals surface area contributed by atoms with Crippen molar-refractivity contribution in [2.24, 2.45) is 0 Å².